The maximum atomic E-state index is 13.0. The number of hydrogen-bond acceptors (Lipinski definition) is 4. The van der Waals surface area contributed by atoms with Crippen molar-refractivity contribution in [1.29, 1.82) is 0 Å². The second-order valence-electron chi connectivity index (χ2n) is 6.87. The Hall–Kier alpha value is -1.48. The number of carbonyl (C=O) groups is 1. The Labute approximate surface area is 167 Å². The zero-order valence-corrected chi connectivity index (χ0v) is 17.1. The monoisotopic (exact) mass is 430 g/mol. The minimum absolute atomic E-state index is 0.111. The van der Waals surface area contributed by atoms with Gasteiger partial charge in [-0.05, 0) is 49.6 Å². The fourth-order valence-corrected chi connectivity index (χ4v) is 6.38. The molecule has 0 saturated carbocycles. The van der Waals surface area contributed by atoms with Crippen LogP contribution in [-0.4, -0.2) is 31.7 Å². The molecule has 1 saturated heterocycles. The third-order valence-electron chi connectivity index (χ3n) is 4.72. The number of piperidine rings is 1. The first-order valence-electron chi connectivity index (χ1n) is 8.49. The summed E-state index contributed by atoms with van der Waals surface area (Å²) in [5, 5.41) is 2.84. The summed E-state index contributed by atoms with van der Waals surface area (Å²) in [6.07, 6.45) is 1.19. The molecule has 5 nitrogen and oxygen atoms in total. The fourth-order valence-electron chi connectivity index (χ4n) is 3.14. The van der Waals surface area contributed by atoms with Gasteiger partial charge in [0.25, 0.3) is 10.0 Å². The van der Waals surface area contributed by atoms with Gasteiger partial charge in [0.15, 0.2) is 0 Å². The van der Waals surface area contributed by atoms with Gasteiger partial charge in [0.1, 0.15) is 10.0 Å². The highest BCUT2D eigenvalue weighted by Crippen LogP contribution is 2.35. The smallest absolute Gasteiger partial charge is 0.252 e. The maximum absolute atomic E-state index is 13.0. The van der Waals surface area contributed by atoms with Crippen LogP contribution in [0.25, 0.3) is 0 Å². The first-order chi connectivity index (χ1) is 12.7. The summed E-state index contributed by atoms with van der Waals surface area (Å²) >= 11 is 6.88. The number of amides is 1. The van der Waals surface area contributed by atoms with Crippen molar-refractivity contribution in [3.05, 3.63) is 52.1 Å². The van der Waals surface area contributed by atoms with E-state index < -0.39 is 15.4 Å². The molecule has 0 aliphatic carbocycles. The van der Waals surface area contributed by atoms with Gasteiger partial charge in [0.05, 0.1) is 9.75 Å². The third-order valence-corrected chi connectivity index (χ3v) is 8.26. The predicted molar refractivity (Wildman–Crippen MR) is 104 cm³/mol. The normalized spacial score (nSPS) is 21.1. The van der Waals surface area contributed by atoms with Gasteiger partial charge in [-0.2, -0.15) is 4.31 Å². The molecule has 27 heavy (non-hydrogen) atoms. The SMILES string of the molecule is CC1(C(=O)NCc2ccc(F)cc2)CCCN(S(=O)(=O)c2ccc(Cl)s2)C1. The number of nitrogens with zero attached hydrogens (tertiary/aromatic N) is 1. The molecule has 0 spiro atoms. The summed E-state index contributed by atoms with van der Waals surface area (Å²) in [4.78, 5) is 12.7. The third kappa shape index (κ3) is 4.51. The molecule has 2 aromatic rings. The minimum atomic E-state index is -3.67. The quantitative estimate of drug-likeness (QED) is 0.787. The second kappa shape index (κ2) is 7.87. The van der Waals surface area contributed by atoms with Crippen LogP contribution < -0.4 is 5.32 Å². The van der Waals surface area contributed by atoms with Crippen LogP contribution in [0.4, 0.5) is 4.39 Å². The van der Waals surface area contributed by atoms with Gasteiger partial charge >= 0.3 is 0 Å². The molecule has 146 valence electrons. The highest BCUT2D eigenvalue weighted by molar-refractivity contribution is 7.91. The molecule has 0 bridgehead atoms. The number of sulfonamides is 1. The summed E-state index contributed by atoms with van der Waals surface area (Å²) in [6, 6.07) is 8.93. The highest BCUT2D eigenvalue weighted by Gasteiger charge is 2.42. The molecule has 1 amide bonds. The molecule has 1 aromatic heterocycles. The molecule has 1 unspecified atom stereocenters. The minimum Gasteiger partial charge on any atom is -0.352 e. The Kier molecular flexibility index (Phi) is 5.90. The van der Waals surface area contributed by atoms with Crippen molar-refractivity contribution in [2.75, 3.05) is 13.1 Å². The number of hydrogen-bond donors (Lipinski definition) is 1. The van der Waals surface area contributed by atoms with Crippen LogP contribution in [0.1, 0.15) is 25.3 Å². The van der Waals surface area contributed by atoms with E-state index in [2.05, 4.69) is 5.32 Å². The van der Waals surface area contributed by atoms with Gasteiger partial charge in [-0.1, -0.05) is 23.7 Å². The van der Waals surface area contributed by atoms with Crippen molar-refractivity contribution < 1.29 is 17.6 Å². The number of benzene rings is 1. The van der Waals surface area contributed by atoms with Crippen LogP contribution in [-0.2, 0) is 21.4 Å². The van der Waals surface area contributed by atoms with Gasteiger partial charge in [0, 0.05) is 19.6 Å². The lowest BCUT2D eigenvalue weighted by atomic mass is 9.82. The van der Waals surface area contributed by atoms with E-state index in [9.17, 15) is 17.6 Å². The van der Waals surface area contributed by atoms with Crippen molar-refractivity contribution >= 4 is 38.9 Å². The van der Waals surface area contributed by atoms with Crippen molar-refractivity contribution in [2.24, 2.45) is 5.41 Å². The Morgan fingerprint density at radius 1 is 1.30 bits per heavy atom. The Bertz CT molecular complexity index is 930. The van der Waals surface area contributed by atoms with Crippen molar-refractivity contribution in [2.45, 2.75) is 30.5 Å². The summed E-state index contributed by atoms with van der Waals surface area (Å²) in [6.45, 7) is 2.52. The number of carbonyl (C=O) groups excluding carboxylic acids is 1. The van der Waals surface area contributed by atoms with Crippen molar-refractivity contribution in [1.82, 2.24) is 9.62 Å². The van der Waals surface area contributed by atoms with Crippen LogP contribution in [0.3, 0.4) is 0 Å². The van der Waals surface area contributed by atoms with E-state index in [0.717, 1.165) is 16.9 Å². The maximum Gasteiger partial charge on any atom is 0.252 e. The molecule has 1 N–H and O–H groups in total. The number of halogens is 2. The summed E-state index contributed by atoms with van der Waals surface area (Å²) in [7, 11) is -3.67. The molecule has 2 heterocycles. The summed E-state index contributed by atoms with van der Waals surface area (Å²) < 4.78 is 40.6. The van der Waals surface area contributed by atoms with E-state index in [1.165, 1.54) is 22.5 Å². The number of thiophene rings is 1. The van der Waals surface area contributed by atoms with Gasteiger partial charge < -0.3 is 5.32 Å². The molecular formula is C18H20ClFN2O3S2. The molecule has 9 heteroatoms. The average molecular weight is 431 g/mol. The zero-order chi connectivity index (χ0) is 19.7. The summed E-state index contributed by atoms with van der Waals surface area (Å²) in [5.74, 6) is -0.546. The van der Waals surface area contributed by atoms with E-state index >= 15 is 0 Å². The Balaban J connectivity index is 1.69. The van der Waals surface area contributed by atoms with Crippen LogP contribution >= 0.6 is 22.9 Å². The first kappa shape index (κ1) is 20.3. The lowest BCUT2D eigenvalue weighted by Crippen LogP contribution is -2.51. The first-order valence-corrected chi connectivity index (χ1v) is 11.1. The lowest BCUT2D eigenvalue weighted by Gasteiger charge is -2.38. The van der Waals surface area contributed by atoms with Crippen molar-refractivity contribution in [3.63, 3.8) is 0 Å². The van der Waals surface area contributed by atoms with E-state index in [4.69, 9.17) is 11.6 Å². The van der Waals surface area contributed by atoms with E-state index in [1.54, 1.807) is 25.1 Å². The van der Waals surface area contributed by atoms with Gasteiger partial charge in [-0.25, -0.2) is 12.8 Å². The van der Waals surface area contributed by atoms with Crippen LogP contribution in [0.2, 0.25) is 4.34 Å². The molecule has 1 aliphatic heterocycles. The largest absolute Gasteiger partial charge is 0.352 e. The Morgan fingerprint density at radius 3 is 2.63 bits per heavy atom. The predicted octanol–water partition coefficient (Wildman–Crippen LogP) is 3.65. The topological polar surface area (TPSA) is 66.5 Å². The van der Waals surface area contributed by atoms with Crippen LogP contribution in [0.15, 0.2) is 40.6 Å². The van der Waals surface area contributed by atoms with E-state index in [0.29, 0.717) is 23.7 Å². The summed E-state index contributed by atoms with van der Waals surface area (Å²) in [5.41, 5.74) is -0.0475. The fraction of sp³-hybridized carbons (Fsp3) is 0.389. The van der Waals surface area contributed by atoms with Crippen LogP contribution in [0, 0.1) is 11.2 Å². The lowest BCUT2D eigenvalue weighted by molar-refractivity contribution is -0.132. The molecule has 1 fully saturated rings. The Morgan fingerprint density at radius 2 is 2.00 bits per heavy atom. The van der Waals surface area contributed by atoms with Gasteiger partial charge in [-0.3, -0.25) is 4.79 Å². The van der Waals surface area contributed by atoms with Crippen molar-refractivity contribution in [3.8, 4) is 0 Å². The molecule has 1 atom stereocenters. The number of nitrogens with one attached hydrogen (secondary N) is 1. The average Bonchev–Trinajstić information content (AvgIpc) is 3.08. The standard InChI is InChI=1S/C18H20ClFN2O3S2/c1-18(17(23)21-11-13-3-5-14(20)6-4-13)9-2-10-22(12-18)27(24,25)16-8-7-15(19)26-16/h3-8H,2,9-12H2,1H3,(H,21,23). The molecule has 3 rings (SSSR count). The van der Waals surface area contributed by atoms with Gasteiger partial charge in [-0.15, -0.1) is 11.3 Å². The molecule has 1 aromatic carbocycles. The molecular weight excluding hydrogens is 411 g/mol. The van der Waals surface area contributed by atoms with Crippen LogP contribution in [0.5, 0.6) is 0 Å². The van der Waals surface area contributed by atoms with Gasteiger partial charge in [0.2, 0.25) is 5.91 Å². The van der Waals surface area contributed by atoms with E-state index in [-0.39, 0.29) is 29.0 Å². The zero-order valence-electron chi connectivity index (χ0n) is 14.7. The number of rotatable bonds is 5. The van der Waals surface area contributed by atoms with E-state index in [1.807, 2.05) is 0 Å². The highest BCUT2D eigenvalue weighted by atomic mass is 35.5. The second-order valence-corrected chi connectivity index (χ2v) is 10.8. The molecule has 0 radical (unpaired) electrons. The molecule has 1 aliphatic rings.